The second-order valence-corrected chi connectivity index (χ2v) is 7.54. The van der Waals surface area contributed by atoms with E-state index in [4.69, 9.17) is 4.74 Å². The van der Waals surface area contributed by atoms with Gasteiger partial charge in [-0.25, -0.2) is 14.8 Å². The number of rotatable bonds is 8. The van der Waals surface area contributed by atoms with Crippen molar-refractivity contribution < 1.29 is 14.6 Å². The number of hydrogen-bond donors (Lipinski definition) is 2. The number of aromatic nitrogens is 3. The van der Waals surface area contributed by atoms with Gasteiger partial charge in [0.05, 0.1) is 7.11 Å². The van der Waals surface area contributed by atoms with Crippen LogP contribution in [0.5, 0.6) is 5.75 Å². The summed E-state index contributed by atoms with van der Waals surface area (Å²) in [7, 11) is 1.63. The number of hydrogen-bond acceptors (Lipinski definition) is 6. The van der Waals surface area contributed by atoms with E-state index >= 15 is 0 Å². The van der Waals surface area contributed by atoms with E-state index < -0.39 is 5.97 Å². The first-order chi connectivity index (χ1) is 14.6. The zero-order valence-corrected chi connectivity index (χ0v) is 17.2. The average Bonchev–Trinajstić information content (AvgIpc) is 3.11. The molecular formula is C22H27N5O3. The molecule has 4 rings (SSSR count). The summed E-state index contributed by atoms with van der Waals surface area (Å²) < 4.78 is 7.20. The normalized spacial score (nSPS) is 14.7. The highest BCUT2D eigenvalue weighted by atomic mass is 16.5. The number of likely N-dealkylation sites (tertiary alicyclic amines) is 1. The molecule has 0 unspecified atom stereocenters. The molecule has 1 aliphatic rings. The standard InChI is InChI=1S/C22H27N5O3/c1-30-17-8-6-16(7-9-17)23-22-25-18-10-11-19(21(28)29)24-20(18)27(22)15-5-14-26-12-3-2-4-13-26/h6-11H,2-5,12-15H2,1H3,(H,23,25)(H,28,29). The summed E-state index contributed by atoms with van der Waals surface area (Å²) in [6, 6.07) is 10.8. The number of carboxylic acid groups (broad SMARTS) is 1. The number of pyridine rings is 1. The molecule has 3 aromatic rings. The Morgan fingerprint density at radius 1 is 1.07 bits per heavy atom. The number of methoxy groups -OCH3 is 1. The van der Waals surface area contributed by atoms with E-state index in [9.17, 15) is 9.90 Å². The van der Waals surface area contributed by atoms with Crippen molar-refractivity contribution in [1.29, 1.82) is 0 Å². The Bertz CT molecular complexity index is 1010. The Morgan fingerprint density at radius 2 is 1.83 bits per heavy atom. The molecule has 0 saturated carbocycles. The molecule has 0 aliphatic carbocycles. The predicted octanol–water partition coefficient (Wildman–Crippen LogP) is 3.76. The number of carbonyl (C=O) groups is 1. The van der Waals surface area contributed by atoms with Gasteiger partial charge in [-0.15, -0.1) is 0 Å². The number of ether oxygens (including phenoxy) is 1. The molecule has 2 aromatic heterocycles. The lowest BCUT2D eigenvalue weighted by atomic mass is 10.1. The maximum absolute atomic E-state index is 11.4. The monoisotopic (exact) mass is 409 g/mol. The zero-order chi connectivity index (χ0) is 20.9. The number of benzene rings is 1. The fraction of sp³-hybridized carbons (Fsp3) is 0.409. The Balaban J connectivity index is 1.59. The summed E-state index contributed by atoms with van der Waals surface area (Å²) in [6.45, 7) is 4.04. The van der Waals surface area contributed by atoms with Crippen molar-refractivity contribution in [2.75, 3.05) is 32.1 Å². The number of imidazole rings is 1. The molecule has 0 radical (unpaired) electrons. The summed E-state index contributed by atoms with van der Waals surface area (Å²) in [6.07, 6.45) is 4.80. The van der Waals surface area contributed by atoms with Crippen LogP contribution in [0, 0.1) is 0 Å². The molecule has 1 aliphatic heterocycles. The first-order valence-corrected chi connectivity index (χ1v) is 10.4. The average molecular weight is 409 g/mol. The highest BCUT2D eigenvalue weighted by Gasteiger charge is 2.16. The van der Waals surface area contributed by atoms with Crippen molar-refractivity contribution in [3.63, 3.8) is 0 Å². The molecule has 0 atom stereocenters. The van der Waals surface area contributed by atoms with Crippen LogP contribution >= 0.6 is 0 Å². The van der Waals surface area contributed by atoms with Gasteiger partial charge in [0, 0.05) is 12.2 Å². The van der Waals surface area contributed by atoms with E-state index in [-0.39, 0.29) is 5.69 Å². The molecule has 0 bridgehead atoms. The van der Waals surface area contributed by atoms with Crippen LogP contribution in [0.2, 0.25) is 0 Å². The molecule has 3 heterocycles. The SMILES string of the molecule is COc1ccc(Nc2nc3ccc(C(=O)O)nc3n2CCCN2CCCCC2)cc1. The molecule has 8 nitrogen and oxygen atoms in total. The van der Waals surface area contributed by atoms with Crippen molar-refractivity contribution in [2.45, 2.75) is 32.2 Å². The molecule has 1 saturated heterocycles. The second kappa shape index (κ2) is 9.13. The van der Waals surface area contributed by atoms with Crippen LogP contribution in [0.1, 0.15) is 36.2 Å². The van der Waals surface area contributed by atoms with Crippen LogP contribution in [0.15, 0.2) is 36.4 Å². The first-order valence-electron chi connectivity index (χ1n) is 10.4. The Morgan fingerprint density at radius 3 is 2.53 bits per heavy atom. The fourth-order valence-electron chi connectivity index (χ4n) is 3.87. The summed E-state index contributed by atoms with van der Waals surface area (Å²) >= 11 is 0. The van der Waals surface area contributed by atoms with Gasteiger partial charge in [-0.05, 0) is 75.3 Å². The van der Waals surface area contributed by atoms with Crippen molar-refractivity contribution in [1.82, 2.24) is 19.4 Å². The fourth-order valence-corrected chi connectivity index (χ4v) is 3.87. The smallest absolute Gasteiger partial charge is 0.354 e. The van der Waals surface area contributed by atoms with Crippen molar-refractivity contribution in [3.05, 3.63) is 42.1 Å². The lowest BCUT2D eigenvalue weighted by Crippen LogP contribution is -2.31. The molecule has 30 heavy (non-hydrogen) atoms. The number of anilines is 2. The van der Waals surface area contributed by atoms with E-state index in [0.717, 1.165) is 37.5 Å². The van der Waals surface area contributed by atoms with Crippen molar-refractivity contribution in [2.24, 2.45) is 0 Å². The van der Waals surface area contributed by atoms with Crippen molar-refractivity contribution >= 4 is 28.8 Å². The van der Waals surface area contributed by atoms with Gasteiger partial charge in [-0.1, -0.05) is 6.42 Å². The second-order valence-electron chi connectivity index (χ2n) is 7.54. The molecule has 1 fully saturated rings. The van der Waals surface area contributed by atoms with Gasteiger partial charge >= 0.3 is 5.97 Å². The molecule has 0 amide bonds. The number of nitrogens with one attached hydrogen (secondary N) is 1. The number of aryl methyl sites for hydroxylation is 1. The van der Waals surface area contributed by atoms with Gasteiger partial charge in [0.15, 0.2) is 11.3 Å². The number of piperidine rings is 1. The molecule has 8 heteroatoms. The highest BCUT2D eigenvalue weighted by Crippen LogP contribution is 2.24. The van der Waals surface area contributed by atoms with Crippen LogP contribution in [0.4, 0.5) is 11.6 Å². The summed E-state index contributed by atoms with van der Waals surface area (Å²) in [4.78, 5) is 22.9. The van der Waals surface area contributed by atoms with Crippen molar-refractivity contribution in [3.8, 4) is 5.75 Å². The molecule has 2 N–H and O–H groups in total. The van der Waals surface area contributed by atoms with E-state index in [0.29, 0.717) is 23.7 Å². The van der Waals surface area contributed by atoms with Gasteiger partial charge in [-0.2, -0.15) is 0 Å². The lowest BCUT2D eigenvalue weighted by molar-refractivity contribution is 0.0691. The van der Waals surface area contributed by atoms with Crippen LogP contribution in [0.3, 0.4) is 0 Å². The molecule has 158 valence electrons. The first kappa shape index (κ1) is 20.2. The maximum Gasteiger partial charge on any atom is 0.354 e. The molecule has 0 spiro atoms. The van der Waals surface area contributed by atoms with Gasteiger partial charge in [0.1, 0.15) is 11.3 Å². The van der Waals surface area contributed by atoms with Gasteiger partial charge in [0.25, 0.3) is 0 Å². The largest absolute Gasteiger partial charge is 0.497 e. The number of fused-ring (bicyclic) bond motifs is 1. The Kier molecular flexibility index (Phi) is 6.13. The van der Waals surface area contributed by atoms with Gasteiger partial charge in [0.2, 0.25) is 5.95 Å². The van der Waals surface area contributed by atoms with E-state index in [1.807, 2.05) is 28.8 Å². The van der Waals surface area contributed by atoms with Crippen LogP contribution in [0.25, 0.3) is 11.2 Å². The molecular weight excluding hydrogens is 382 g/mol. The maximum atomic E-state index is 11.4. The van der Waals surface area contributed by atoms with E-state index in [1.54, 1.807) is 13.2 Å². The third kappa shape index (κ3) is 4.54. The minimum absolute atomic E-state index is 0.0238. The zero-order valence-electron chi connectivity index (χ0n) is 17.2. The lowest BCUT2D eigenvalue weighted by Gasteiger charge is -2.26. The number of aromatic carboxylic acids is 1. The number of carboxylic acids is 1. The topological polar surface area (TPSA) is 92.5 Å². The summed E-state index contributed by atoms with van der Waals surface area (Å²) in [5.74, 6) is 0.398. The minimum atomic E-state index is -1.04. The quantitative estimate of drug-likeness (QED) is 0.585. The summed E-state index contributed by atoms with van der Waals surface area (Å²) in [5, 5.41) is 12.7. The highest BCUT2D eigenvalue weighted by molar-refractivity contribution is 5.88. The number of nitrogens with zero attached hydrogens (tertiary/aromatic N) is 4. The Labute approximate surface area is 175 Å². The summed E-state index contributed by atoms with van der Waals surface area (Å²) in [5.41, 5.74) is 2.16. The van der Waals surface area contributed by atoms with Crippen LogP contribution in [-0.4, -0.2) is 57.3 Å². The van der Waals surface area contributed by atoms with Gasteiger partial charge in [-0.3, -0.25) is 4.57 Å². The van der Waals surface area contributed by atoms with Crippen LogP contribution in [-0.2, 0) is 6.54 Å². The Hall–Kier alpha value is -3.13. The van der Waals surface area contributed by atoms with Gasteiger partial charge < -0.3 is 20.1 Å². The van der Waals surface area contributed by atoms with Crippen LogP contribution < -0.4 is 10.1 Å². The minimum Gasteiger partial charge on any atom is -0.497 e. The third-order valence-corrected chi connectivity index (χ3v) is 5.46. The van der Waals surface area contributed by atoms with E-state index in [1.165, 1.54) is 25.3 Å². The van der Waals surface area contributed by atoms with E-state index in [2.05, 4.69) is 20.2 Å². The third-order valence-electron chi connectivity index (χ3n) is 5.46. The molecule has 1 aromatic carbocycles. The predicted molar refractivity (Wildman–Crippen MR) is 116 cm³/mol.